The van der Waals surface area contributed by atoms with E-state index in [0.29, 0.717) is 16.3 Å². The molecule has 4 nitrogen and oxygen atoms in total. The van der Waals surface area contributed by atoms with Crippen molar-refractivity contribution in [2.75, 3.05) is 11.9 Å². The van der Waals surface area contributed by atoms with E-state index in [1.165, 1.54) is 11.3 Å². The number of benzene rings is 2. The first-order valence-corrected chi connectivity index (χ1v) is 8.32. The molecule has 2 aromatic carbocycles. The van der Waals surface area contributed by atoms with E-state index in [1.54, 1.807) is 0 Å². The molecule has 0 saturated heterocycles. The second-order valence-corrected chi connectivity index (χ2v) is 6.64. The van der Waals surface area contributed by atoms with Crippen molar-refractivity contribution < 1.29 is 9.53 Å². The largest absolute Gasteiger partial charge is 0.483 e. The van der Waals surface area contributed by atoms with E-state index in [-0.39, 0.29) is 12.5 Å². The maximum atomic E-state index is 12.2. The summed E-state index contributed by atoms with van der Waals surface area (Å²) in [6.07, 6.45) is 0. The van der Waals surface area contributed by atoms with Crippen molar-refractivity contribution in [1.29, 1.82) is 5.26 Å². The molecule has 3 rings (SSSR count). The van der Waals surface area contributed by atoms with E-state index in [0.717, 1.165) is 21.2 Å². The lowest BCUT2D eigenvalue weighted by Gasteiger charge is -2.09. The fourth-order valence-corrected chi connectivity index (χ4v) is 3.50. The van der Waals surface area contributed by atoms with Crippen LogP contribution in [0.2, 0.25) is 0 Å². The van der Waals surface area contributed by atoms with Gasteiger partial charge in [-0.05, 0) is 30.9 Å². The zero-order valence-electron chi connectivity index (χ0n) is 13.4. The molecular formula is C19H16N2O2S. The number of rotatable bonds is 4. The van der Waals surface area contributed by atoms with Gasteiger partial charge in [-0.1, -0.05) is 36.4 Å². The Labute approximate surface area is 144 Å². The highest BCUT2D eigenvalue weighted by atomic mass is 32.1. The molecule has 5 heteroatoms. The van der Waals surface area contributed by atoms with E-state index in [4.69, 9.17) is 4.74 Å². The maximum absolute atomic E-state index is 12.2. The van der Waals surface area contributed by atoms with Crippen LogP contribution in [-0.4, -0.2) is 12.5 Å². The summed E-state index contributed by atoms with van der Waals surface area (Å²) in [5.74, 6) is 0.392. The van der Waals surface area contributed by atoms with Crippen molar-refractivity contribution in [2.24, 2.45) is 0 Å². The van der Waals surface area contributed by atoms with Crippen molar-refractivity contribution in [3.63, 3.8) is 0 Å². The molecule has 0 saturated carbocycles. The predicted octanol–water partition coefficient (Wildman–Crippen LogP) is 4.41. The Morgan fingerprint density at radius 2 is 1.96 bits per heavy atom. The van der Waals surface area contributed by atoms with Crippen LogP contribution in [0.3, 0.4) is 0 Å². The normalized spacial score (nSPS) is 10.4. The summed E-state index contributed by atoms with van der Waals surface area (Å²) in [5.41, 5.74) is 1.43. The number of nitriles is 1. The van der Waals surface area contributed by atoms with Gasteiger partial charge in [-0.25, -0.2) is 0 Å². The van der Waals surface area contributed by atoms with E-state index in [9.17, 15) is 10.1 Å². The van der Waals surface area contributed by atoms with Gasteiger partial charge in [0.1, 0.15) is 16.8 Å². The Bertz CT molecular complexity index is 948. The molecule has 0 aliphatic carbocycles. The van der Waals surface area contributed by atoms with Crippen LogP contribution in [0.25, 0.3) is 10.8 Å². The fraction of sp³-hybridized carbons (Fsp3) is 0.158. The van der Waals surface area contributed by atoms with Gasteiger partial charge < -0.3 is 10.1 Å². The Hall–Kier alpha value is -2.84. The van der Waals surface area contributed by atoms with Gasteiger partial charge in [0.2, 0.25) is 0 Å². The number of hydrogen-bond donors (Lipinski definition) is 1. The standard InChI is InChI=1S/C19H16N2O2S/c1-12-13(2)24-19(16(12)10-20)21-18(22)11-23-17-9-5-7-14-6-3-4-8-15(14)17/h3-9H,11H2,1-2H3,(H,21,22). The van der Waals surface area contributed by atoms with Crippen LogP contribution in [0.1, 0.15) is 16.0 Å². The minimum Gasteiger partial charge on any atom is -0.483 e. The minimum absolute atomic E-state index is 0.102. The van der Waals surface area contributed by atoms with Crippen molar-refractivity contribution in [1.82, 2.24) is 0 Å². The number of aryl methyl sites for hydroxylation is 1. The molecule has 0 radical (unpaired) electrons. The molecule has 0 unspecified atom stereocenters. The summed E-state index contributed by atoms with van der Waals surface area (Å²) in [5, 5.41) is 14.6. The molecule has 120 valence electrons. The molecule has 0 aliphatic rings. The average molecular weight is 336 g/mol. The first-order chi connectivity index (χ1) is 11.6. The quantitative estimate of drug-likeness (QED) is 0.768. The number of hydrogen-bond acceptors (Lipinski definition) is 4. The van der Waals surface area contributed by atoms with Gasteiger partial charge in [-0.3, -0.25) is 4.79 Å². The zero-order valence-corrected chi connectivity index (χ0v) is 14.2. The number of anilines is 1. The topological polar surface area (TPSA) is 62.1 Å². The second-order valence-electron chi connectivity index (χ2n) is 5.41. The van der Waals surface area contributed by atoms with Crippen molar-refractivity contribution in [3.05, 3.63) is 58.5 Å². The Balaban J connectivity index is 1.72. The smallest absolute Gasteiger partial charge is 0.262 e. The number of thiophene rings is 1. The lowest BCUT2D eigenvalue weighted by molar-refractivity contribution is -0.118. The maximum Gasteiger partial charge on any atom is 0.262 e. The molecule has 1 heterocycles. The van der Waals surface area contributed by atoms with Crippen LogP contribution in [0, 0.1) is 25.2 Å². The molecule has 24 heavy (non-hydrogen) atoms. The van der Waals surface area contributed by atoms with Gasteiger partial charge in [-0.2, -0.15) is 5.26 Å². The van der Waals surface area contributed by atoms with Gasteiger partial charge >= 0.3 is 0 Å². The van der Waals surface area contributed by atoms with Gasteiger partial charge in [0.05, 0.1) is 5.56 Å². The molecule has 3 aromatic rings. The second kappa shape index (κ2) is 6.73. The number of carbonyl (C=O) groups is 1. The monoisotopic (exact) mass is 336 g/mol. The number of nitrogens with one attached hydrogen (secondary N) is 1. The molecule has 0 spiro atoms. The molecule has 1 aromatic heterocycles. The Morgan fingerprint density at radius 1 is 1.21 bits per heavy atom. The molecule has 1 amide bonds. The zero-order chi connectivity index (χ0) is 17.1. The predicted molar refractivity (Wildman–Crippen MR) is 96.6 cm³/mol. The van der Waals surface area contributed by atoms with Crippen LogP contribution in [0.15, 0.2) is 42.5 Å². The van der Waals surface area contributed by atoms with E-state index in [2.05, 4.69) is 11.4 Å². The van der Waals surface area contributed by atoms with Gasteiger partial charge in [0.25, 0.3) is 5.91 Å². The first-order valence-electron chi connectivity index (χ1n) is 7.50. The summed E-state index contributed by atoms with van der Waals surface area (Å²) in [4.78, 5) is 13.2. The number of nitrogens with zero attached hydrogens (tertiary/aromatic N) is 1. The van der Waals surface area contributed by atoms with Crippen molar-refractivity contribution >= 4 is 33.0 Å². The van der Waals surface area contributed by atoms with Crippen LogP contribution >= 0.6 is 11.3 Å². The SMILES string of the molecule is Cc1sc(NC(=O)COc2cccc3ccccc23)c(C#N)c1C. The highest BCUT2D eigenvalue weighted by Gasteiger charge is 2.15. The van der Waals surface area contributed by atoms with Crippen LogP contribution in [-0.2, 0) is 4.79 Å². The van der Waals surface area contributed by atoms with Crippen LogP contribution in [0.5, 0.6) is 5.75 Å². The molecule has 0 bridgehead atoms. The van der Waals surface area contributed by atoms with Gasteiger partial charge in [0, 0.05) is 10.3 Å². The van der Waals surface area contributed by atoms with Gasteiger partial charge in [-0.15, -0.1) is 11.3 Å². The molecule has 0 fully saturated rings. The number of ether oxygens (including phenoxy) is 1. The number of fused-ring (bicyclic) bond motifs is 1. The highest BCUT2D eigenvalue weighted by Crippen LogP contribution is 2.31. The van der Waals surface area contributed by atoms with E-state index < -0.39 is 0 Å². The average Bonchev–Trinajstić information content (AvgIpc) is 2.86. The number of amides is 1. The minimum atomic E-state index is -0.277. The lowest BCUT2D eigenvalue weighted by atomic mass is 10.1. The summed E-state index contributed by atoms with van der Waals surface area (Å²) in [6.45, 7) is 3.71. The van der Waals surface area contributed by atoms with E-state index in [1.807, 2.05) is 56.3 Å². The molecule has 0 aliphatic heterocycles. The Kier molecular flexibility index (Phi) is 4.50. The summed E-state index contributed by atoms with van der Waals surface area (Å²) >= 11 is 1.41. The third-order valence-electron chi connectivity index (χ3n) is 3.86. The number of carbonyl (C=O) groups excluding carboxylic acids is 1. The van der Waals surface area contributed by atoms with Crippen LogP contribution < -0.4 is 10.1 Å². The van der Waals surface area contributed by atoms with Gasteiger partial charge in [0.15, 0.2) is 6.61 Å². The summed E-state index contributed by atoms with van der Waals surface area (Å²) in [7, 11) is 0. The highest BCUT2D eigenvalue weighted by molar-refractivity contribution is 7.16. The summed E-state index contributed by atoms with van der Waals surface area (Å²) < 4.78 is 5.67. The molecular weight excluding hydrogens is 320 g/mol. The third kappa shape index (κ3) is 3.10. The Morgan fingerprint density at radius 3 is 2.75 bits per heavy atom. The van der Waals surface area contributed by atoms with Crippen molar-refractivity contribution in [3.8, 4) is 11.8 Å². The van der Waals surface area contributed by atoms with Crippen molar-refractivity contribution in [2.45, 2.75) is 13.8 Å². The van der Waals surface area contributed by atoms with Crippen LogP contribution in [0.4, 0.5) is 5.00 Å². The summed E-state index contributed by atoms with van der Waals surface area (Å²) in [6, 6.07) is 15.7. The molecule has 0 atom stereocenters. The molecule has 1 N–H and O–H groups in total. The third-order valence-corrected chi connectivity index (χ3v) is 4.98. The first kappa shape index (κ1) is 16.0. The fourth-order valence-electron chi connectivity index (χ4n) is 2.48. The van der Waals surface area contributed by atoms with E-state index >= 15 is 0 Å². The lowest BCUT2D eigenvalue weighted by Crippen LogP contribution is -2.20.